The van der Waals surface area contributed by atoms with Gasteiger partial charge in [-0.2, -0.15) is 0 Å². The van der Waals surface area contributed by atoms with Gasteiger partial charge in [-0.3, -0.25) is 10.1 Å². The lowest BCUT2D eigenvalue weighted by molar-refractivity contribution is 0.102. The standard InChI is InChI=1S/C13H13ClFN3OS/c1-13(2,3)11-17-18-12(20-11)16-10(19)7-4-5-9(15)8(14)6-7/h4-6H,1-3H3,(H,16,18,19). The van der Waals surface area contributed by atoms with Crippen LogP contribution in [0, 0.1) is 5.82 Å². The van der Waals surface area contributed by atoms with Crippen LogP contribution in [-0.4, -0.2) is 16.1 Å². The van der Waals surface area contributed by atoms with E-state index in [-0.39, 0.29) is 16.0 Å². The number of nitrogens with zero attached hydrogens (tertiary/aromatic N) is 2. The lowest BCUT2D eigenvalue weighted by Gasteiger charge is -2.12. The summed E-state index contributed by atoms with van der Waals surface area (Å²) in [6.45, 7) is 6.04. The largest absolute Gasteiger partial charge is 0.296 e. The van der Waals surface area contributed by atoms with Crippen LogP contribution in [0.3, 0.4) is 0 Å². The van der Waals surface area contributed by atoms with Gasteiger partial charge in [0.1, 0.15) is 10.8 Å². The summed E-state index contributed by atoms with van der Waals surface area (Å²) in [5.74, 6) is -0.961. The van der Waals surface area contributed by atoms with E-state index < -0.39 is 11.7 Å². The minimum atomic E-state index is -0.561. The van der Waals surface area contributed by atoms with E-state index in [4.69, 9.17) is 11.6 Å². The number of amides is 1. The van der Waals surface area contributed by atoms with E-state index in [2.05, 4.69) is 15.5 Å². The van der Waals surface area contributed by atoms with Crippen molar-refractivity contribution in [1.82, 2.24) is 10.2 Å². The zero-order chi connectivity index (χ0) is 14.9. The molecule has 1 N–H and O–H groups in total. The molecule has 0 saturated carbocycles. The molecular weight excluding hydrogens is 301 g/mol. The molecule has 7 heteroatoms. The summed E-state index contributed by atoms with van der Waals surface area (Å²) in [5.41, 5.74) is 0.142. The van der Waals surface area contributed by atoms with Crippen LogP contribution in [0.15, 0.2) is 18.2 Å². The predicted molar refractivity (Wildman–Crippen MR) is 78.0 cm³/mol. The number of hydrogen-bond acceptors (Lipinski definition) is 4. The lowest BCUT2D eigenvalue weighted by Crippen LogP contribution is -2.11. The number of rotatable bonds is 2. The van der Waals surface area contributed by atoms with Crippen LogP contribution in [0.1, 0.15) is 36.1 Å². The SMILES string of the molecule is CC(C)(C)c1nnc(NC(=O)c2ccc(F)c(Cl)c2)s1. The fourth-order valence-corrected chi connectivity index (χ4v) is 2.36. The van der Waals surface area contributed by atoms with Crippen LogP contribution in [0.5, 0.6) is 0 Å². The fraction of sp³-hybridized carbons (Fsp3) is 0.308. The van der Waals surface area contributed by atoms with Gasteiger partial charge in [0.2, 0.25) is 5.13 Å². The number of halogens is 2. The van der Waals surface area contributed by atoms with Gasteiger partial charge in [0.05, 0.1) is 5.02 Å². The van der Waals surface area contributed by atoms with Crippen LogP contribution in [-0.2, 0) is 5.41 Å². The molecular formula is C13H13ClFN3OS. The maximum absolute atomic E-state index is 13.0. The zero-order valence-corrected chi connectivity index (χ0v) is 12.8. The maximum Gasteiger partial charge on any atom is 0.257 e. The molecule has 1 aromatic heterocycles. The Balaban J connectivity index is 2.15. The Morgan fingerprint density at radius 2 is 2.05 bits per heavy atom. The van der Waals surface area contributed by atoms with Gasteiger partial charge < -0.3 is 0 Å². The highest BCUT2D eigenvalue weighted by atomic mass is 35.5. The number of hydrogen-bond donors (Lipinski definition) is 1. The molecule has 1 amide bonds. The molecule has 0 saturated heterocycles. The molecule has 1 heterocycles. The quantitative estimate of drug-likeness (QED) is 0.915. The average Bonchev–Trinajstić information content (AvgIpc) is 2.81. The summed E-state index contributed by atoms with van der Waals surface area (Å²) in [6, 6.07) is 3.79. The zero-order valence-electron chi connectivity index (χ0n) is 11.2. The van der Waals surface area contributed by atoms with Crippen LogP contribution < -0.4 is 5.32 Å². The normalized spacial score (nSPS) is 11.4. The Morgan fingerprint density at radius 3 is 2.60 bits per heavy atom. The Bertz CT molecular complexity index is 651. The molecule has 0 spiro atoms. The maximum atomic E-state index is 13.0. The first-order chi connectivity index (χ1) is 9.27. The summed E-state index contributed by atoms with van der Waals surface area (Å²) in [7, 11) is 0. The first-order valence-electron chi connectivity index (χ1n) is 5.88. The number of nitrogens with one attached hydrogen (secondary N) is 1. The van der Waals surface area contributed by atoms with E-state index in [0.717, 1.165) is 11.1 Å². The molecule has 2 aromatic rings. The third kappa shape index (κ3) is 3.32. The Morgan fingerprint density at radius 1 is 1.35 bits per heavy atom. The Kier molecular flexibility index (Phi) is 4.06. The van der Waals surface area contributed by atoms with Crippen LogP contribution in [0.4, 0.5) is 9.52 Å². The summed E-state index contributed by atoms with van der Waals surface area (Å²) >= 11 is 6.95. The third-order valence-electron chi connectivity index (χ3n) is 2.47. The molecule has 0 unspecified atom stereocenters. The summed E-state index contributed by atoms with van der Waals surface area (Å²) in [4.78, 5) is 12.0. The molecule has 20 heavy (non-hydrogen) atoms. The van der Waals surface area contributed by atoms with E-state index >= 15 is 0 Å². The van der Waals surface area contributed by atoms with Crippen molar-refractivity contribution in [3.8, 4) is 0 Å². The third-order valence-corrected chi connectivity index (χ3v) is 4.02. The van der Waals surface area contributed by atoms with Gasteiger partial charge in [-0.1, -0.05) is 43.7 Å². The van der Waals surface area contributed by atoms with Crippen molar-refractivity contribution in [3.63, 3.8) is 0 Å². The monoisotopic (exact) mass is 313 g/mol. The van der Waals surface area contributed by atoms with Gasteiger partial charge in [0.15, 0.2) is 0 Å². The van der Waals surface area contributed by atoms with Crippen molar-refractivity contribution in [1.29, 1.82) is 0 Å². The first kappa shape index (κ1) is 14.9. The minimum absolute atomic E-state index is 0.0923. The van der Waals surface area contributed by atoms with Crippen molar-refractivity contribution < 1.29 is 9.18 Å². The minimum Gasteiger partial charge on any atom is -0.296 e. The molecule has 106 valence electrons. The van der Waals surface area contributed by atoms with Gasteiger partial charge >= 0.3 is 0 Å². The molecule has 0 atom stereocenters. The highest BCUT2D eigenvalue weighted by molar-refractivity contribution is 7.15. The second-order valence-electron chi connectivity index (χ2n) is 5.25. The number of carbonyl (C=O) groups excluding carboxylic acids is 1. The van der Waals surface area contributed by atoms with E-state index in [9.17, 15) is 9.18 Å². The van der Waals surface area contributed by atoms with Crippen LogP contribution in [0.25, 0.3) is 0 Å². The van der Waals surface area contributed by atoms with Crippen molar-refractivity contribution in [2.75, 3.05) is 5.32 Å². The summed E-state index contributed by atoms with van der Waals surface area (Å²) in [5, 5.41) is 11.7. The van der Waals surface area contributed by atoms with E-state index in [1.807, 2.05) is 20.8 Å². The summed E-state index contributed by atoms with van der Waals surface area (Å²) in [6.07, 6.45) is 0. The average molecular weight is 314 g/mol. The molecule has 4 nitrogen and oxygen atoms in total. The van der Waals surface area contributed by atoms with Crippen molar-refractivity contribution in [3.05, 3.63) is 39.6 Å². The molecule has 0 aliphatic rings. The topological polar surface area (TPSA) is 54.9 Å². The highest BCUT2D eigenvalue weighted by Crippen LogP contribution is 2.28. The molecule has 0 aliphatic carbocycles. The Labute approximate surface area is 125 Å². The van der Waals surface area contributed by atoms with Gasteiger partial charge in [-0.15, -0.1) is 10.2 Å². The van der Waals surface area contributed by atoms with Crippen molar-refractivity contribution >= 4 is 34.0 Å². The number of aromatic nitrogens is 2. The van der Waals surface area contributed by atoms with Crippen LogP contribution in [0.2, 0.25) is 5.02 Å². The van der Waals surface area contributed by atoms with Gasteiger partial charge in [-0.25, -0.2) is 4.39 Å². The molecule has 0 bridgehead atoms. The summed E-state index contributed by atoms with van der Waals surface area (Å²) < 4.78 is 13.0. The van der Waals surface area contributed by atoms with E-state index in [1.165, 1.54) is 23.5 Å². The van der Waals surface area contributed by atoms with Gasteiger partial charge in [-0.05, 0) is 18.2 Å². The molecule has 0 aliphatic heterocycles. The molecule has 1 aromatic carbocycles. The highest BCUT2D eigenvalue weighted by Gasteiger charge is 2.20. The number of anilines is 1. The predicted octanol–water partition coefficient (Wildman–Crippen LogP) is 3.88. The first-order valence-corrected chi connectivity index (χ1v) is 7.07. The molecule has 0 radical (unpaired) electrons. The fourth-order valence-electron chi connectivity index (χ4n) is 1.38. The van der Waals surface area contributed by atoms with Gasteiger partial charge in [0, 0.05) is 11.0 Å². The molecule has 0 fully saturated rings. The number of carbonyl (C=O) groups is 1. The second-order valence-corrected chi connectivity index (χ2v) is 6.63. The number of benzene rings is 1. The van der Waals surface area contributed by atoms with E-state index in [1.54, 1.807) is 0 Å². The van der Waals surface area contributed by atoms with E-state index in [0.29, 0.717) is 5.13 Å². The lowest BCUT2D eigenvalue weighted by atomic mass is 9.98. The smallest absolute Gasteiger partial charge is 0.257 e. The second kappa shape index (κ2) is 5.46. The van der Waals surface area contributed by atoms with Crippen molar-refractivity contribution in [2.24, 2.45) is 0 Å². The molecule has 2 rings (SSSR count). The Hall–Kier alpha value is -1.53. The van der Waals surface area contributed by atoms with Crippen molar-refractivity contribution in [2.45, 2.75) is 26.2 Å². The van der Waals surface area contributed by atoms with Gasteiger partial charge in [0.25, 0.3) is 5.91 Å². The van der Waals surface area contributed by atoms with Crippen LogP contribution >= 0.6 is 22.9 Å².